The molecule has 0 fully saturated rings. The third kappa shape index (κ3) is 5.21. The van der Waals surface area contributed by atoms with Crippen LogP contribution in [0.5, 0.6) is 0 Å². The van der Waals surface area contributed by atoms with Crippen molar-refractivity contribution in [1.82, 2.24) is 5.32 Å². The molecule has 19 heavy (non-hydrogen) atoms. The van der Waals surface area contributed by atoms with Crippen LogP contribution in [0.4, 0.5) is 0 Å². The minimum Gasteiger partial charge on any atom is -0.349 e. The first-order valence-electron chi connectivity index (χ1n) is 6.74. The number of nitrogens with one attached hydrogen (secondary N) is 1. The highest BCUT2D eigenvalue weighted by molar-refractivity contribution is 6.30. The first-order valence-corrected chi connectivity index (χ1v) is 7.12. The monoisotopic (exact) mass is 282 g/mol. The van der Waals surface area contributed by atoms with Gasteiger partial charge in [0, 0.05) is 17.5 Å². The quantitative estimate of drug-likeness (QED) is 0.841. The lowest BCUT2D eigenvalue weighted by Crippen LogP contribution is -2.36. The summed E-state index contributed by atoms with van der Waals surface area (Å²) in [6.07, 6.45) is 1.18. The molecule has 0 heterocycles. The lowest BCUT2D eigenvalue weighted by molar-refractivity contribution is -0.122. The van der Waals surface area contributed by atoms with E-state index in [1.807, 2.05) is 45.0 Å². The second-order valence-electron chi connectivity index (χ2n) is 5.20. The van der Waals surface area contributed by atoms with Gasteiger partial charge in [-0.2, -0.15) is 0 Å². The number of hydrogen-bond donors (Lipinski definition) is 2. The normalized spacial score (nSPS) is 14.2. The van der Waals surface area contributed by atoms with E-state index in [1.165, 1.54) is 0 Å². The van der Waals surface area contributed by atoms with E-state index in [1.54, 1.807) is 0 Å². The van der Waals surface area contributed by atoms with Crippen molar-refractivity contribution in [3.8, 4) is 0 Å². The maximum atomic E-state index is 12.0. The molecule has 0 saturated heterocycles. The van der Waals surface area contributed by atoms with Crippen LogP contribution >= 0.6 is 11.6 Å². The summed E-state index contributed by atoms with van der Waals surface area (Å²) in [5, 5.41) is 3.70. The van der Waals surface area contributed by atoms with E-state index < -0.39 is 0 Å². The highest BCUT2D eigenvalue weighted by atomic mass is 35.5. The standard InChI is InChI=1S/C15H23ClN2O/c1-4-14(11-6-5-7-12(16)8-11)18-15(19)9-13(17)10(2)3/h5-8,10,13-14H,4,9,17H2,1-3H3,(H,18,19). The Morgan fingerprint density at radius 2 is 2.11 bits per heavy atom. The maximum Gasteiger partial charge on any atom is 0.222 e. The Morgan fingerprint density at radius 1 is 1.42 bits per heavy atom. The smallest absolute Gasteiger partial charge is 0.222 e. The van der Waals surface area contributed by atoms with Gasteiger partial charge in [0.25, 0.3) is 0 Å². The minimum atomic E-state index is -0.100. The van der Waals surface area contributed by atoms with E-state index in [4.69, 9.17) is 17.3 Å². The van der Waals surface area contributed by atoms with Gasteiger partial charge in [0.2, 0.25) is 5.91 Å². The van der Waals surface area contributed by atoms with Crippen molar-refractivity contribution in [2.24, 2.45) is 11.7 Å². The van der Waals surface area contributed by atoms with Crippen molar-refractivity contribution in [2.75, 3.05) is 0 Å². The van der Waals surface area contributed by atoms with Crippen LogP contribution in [0, 0.1) is 5.92 Å². The van der Waals surface area contributed by atoms with E-state index in [2.05, 4.69) is 5.32 Å². The Kier molecular flexibility index (Phi) is 6.32. The molecule has 0 saturated carbocycles. The summed E-state index contributed by atoms with van der Waals surface area (Å²) in [5.74, 6) is 0.296. The predicted octanol–water partition coefficient (Wildman–Crippen LogP) is 3.28. The van der Waals surface area contributed by atoms with Crippen molar-refractivity contribution in [3.05, 3.63) is 34.9 Å². The summed E-state index contributed by atoms with van der Waals surface area (Å²) in [7, 11) is 0. The molecule has 1 aromatic carbocycles. The van der Waals surface area contributed by atoms with Crippen molar-refractivity contribution < 1.29 is 4.79 Å². The average molecular weight is 283 g/mol. The van der Waals surface area contributed by atoms with Gasteiger partial charge in [-0.1, -0.05) is 44.5 Å². The molecule has 2 atom stereocenters. The molecule has 0 radical (unpaired) electrons. The molecule has 1 amide bonds. The van der Waals surface area contributed by atoms with E-state index in [0.717, 1.165) is 12.0 Å². The van der Waals surface area contributed by atoms with Crippen LogP contribution < -0.4 is 11.1 Å². The molecule has 0 aliphatic carbocycles. The number of halogens is 1. The molecule has 106 valence electrons. The molecule has 2 unspecified atom stereocenters. The Balaban J connectivity index is 2.64. The van der Waals surface area contributed by atoms with Gasteiger partial charge in [0.05, 0.1) is 6.04 Å². The molecule has 0 spiro atoms. The van der Waals surface area contributed by atoms with Gasteiger partial charge in [0.1, 0.15) is 0 Å². The van der Waals surface area contributed by atoms with E-state index in [0.29, 0.717) is 17.4 Å². The minimum absolute atomic E-state index is 0.00646. The summed E-state index contributed by atoms with van der Waals surface area (Å²) in [5.41, 5.74) is 6.94. The molecular weight excluding hydrogens is 260 g/mol. The Morgan fingerprint density at radius 3 is 2.63 bits per heavy atom. The second kappa shape index (κ2) is 7.51. The van der Waals surface area contributed by atoms with Crippen molar-refractivity contribution >= 4 is 17.5 Å². The van der Waals surface area contributed by atoms with Crippen molar-refractivity contribution in [2.45, 2.75) is 45.7 Å². The molecule has 0 aliphatic heterocycles. The van der Waals surface area contributed by atoms with Crippen LogP contribution in [0.15, 0.2) is 24.3 Å². The van der Waals surface area contributed by atoms with Crippen LogP contribution in [0.1, 0.15) is 45.2 Å². The van der Waals surface area contributed by atoms with Gasteiger partial charge in [-0.15, -0.1) is 0 Å². The number of amides is 1. The Hall–Kier alpha value is -1.06. The molecule has 0 bridgehead atoms. The van der Waals surface area contributed by atoms with Gasteiger partial charge in [-0.05, 0) is 30.0 Å². The molecule has 3 nitrogen and oxygen atoms in total. The zero-order valence-electron chi connectivity index (χ0n) is 11.8. The van der Waals surface area contributed by atoms with Gasteiger partial charge < -0.3 is 11.1 Å². The summed E-state index contributed by atoms with van der Waals surface area (Å²) in [6, 6.07) is 7.48. The molecular formula is C15H23ClN2O. The fourth-order valence-corrected chi connectivity index (χ4v) is 2.05. The van der Waals surface area contributed by atoms with Gasteiger partial charge in [0.15, 0.2) is 0 Å². The average Bonchev–Trinajstić information content (AvgIpc) is 2.35. The molecule has 4 heteroatoms. The van der Waals surface area contributed by atoms with Crippen LogP contribution in [-0.4, -0.2) is 11.9 Å². The molecule has 1 rings (SSSR count). The van der Waals surface area contributed by atoms with E-state index in [9.17, 15) is 4.79 Å². The maximum absolute atomic E-state index is 12.0. The first kappa shape index (κ1) is 16.0. The second-order valence-corrected chi connectivity index (χ2v) is 5.63. The van der Waals surface area contributed by atoms with Crippen molar-refractivity contribution in [3.63, 3.8) is 0 Å². The highest BCUT2D eigenvalue weighted by Crippen LogP contribution is 2.20. The first-order chi connectivity index (χ1) is 8.93. The third-order valence-electron chi connectivity index (χ3n) is 3.27. The van der Waals surface area contributed by atoms with Gasteiger partial charge in [-0.25, -0.2) is 0 Å². The summed E-state index contributed by atoms with van der Waals surface area (Å²) in [4.78, 5) is 12.0. The molecule has 1 aromatic rings. The summed E-state index contributed by atoms with van der Waals surface area (Å²) < 4.78 is 0. The molecule has 3 N–H and O–H groups in total. The number of hydrogen-bond acceptors (Lipinski definition) is 2. The highest BCUT2D eigenvalue weighted by Gasteiger charge is 2.17. The number of benzene rings is 1. The number of carbonyl (C=O) groups is 1. The SMILES string of the molecule is CCC(NC(=O)CC(N)C(C)C)c1cccc(Cl)c1. The zero-order chi connectivity index (χ0) is 14.4. The molecule has 0 aliphatic rings. The Bertz CT molecular complexity index is 420. The van der Waals surface area contributed by atoms with E-state index >= 15 is 0 Å². The fourth-order valence-electron chi connectivity index (χ4n) is 1.85. The fraction of sp³-hybridized carbons (Fsp3) is 0.533. The lowest BCUT2D eigenvalue weighted by Gasteiger charge is -2.20. The third-order valence-corrected chi connectivity index (χ3v) is 3.51. The van der Waals surface area contributed by atoms with Crippen LogP contribution in [0.3, 0.4) is 0 Å². The Labute approximate surface area is 120 Å². The number of carbonyl (C=O) groups excluding carboxylic acids is 1. The number of nitrogens with two attached hydrogens (primary N) is 1. The van der Waals surface area contributed by atoms with E-state index in [-0.39, 0.29) is 18.0 Å². The van der Waals surface area contributed by atoms with Gasteiger partial charge in [-0.3, -0.25) is 4.79 Å². The van der Waals surface area contributed by atoms with Crippen molar-refractivity contribution in [1.29, 1.82) is 0 Å². The molecule has 0 aromatic heterocycles. The van der Waals surface area contributed by atoms with Crippen LogP contribution in [0.2, 0.25) is 5.02 Å². The van der Waals surface area contributed by atoms with Gasteiger partial charge >= 0.3 is 0 Å². The number of rotatable bonds is 6. The zero-order valence-corrected chi connectivity index (χ0v) is 12.6. The topological polar surface area (TPSA) is 55.1 Å². The largest absolute Gasteiger partial charge is 0.349 e. The summed E-state index contributed by atoms with van der Waals surface area (Å²) >= 11 is 5.98. The van der Waals surface area contributed by atoms with Crippen LogP contribution in [0.25, 0.3) is 0 Å². The predicted molar refractivity (Wildman–Crippen MR) is 80.1 cm³/mol. The van der Waals surface area contributed by atoms with Crippen LogP contribution in [-0.2, 0) is 4.79 Å². The lowest BCUT2D eigenvalue weighted by atomic mass is 10.0. The summed E-state index contributed by atoms with van der Waals surface area (Å²) in [6.45, 7) is 6.08.